The second kappa shape index (κ2) is 3.96. The molecule has 4 nitrogen and oxygen atoms in total. The van der Waals surface area contributed by atoms with Crippen LogP contribution in [-0.2, 0) is 10.5 Å². The normalized spacial score (nSPS) is 14.7. The van der Waals surface area contributed by atoms with Crippen LogP contribution in [0.1, 0.15) is 11.1 Å². The standard InChI is InChI=1S/C10H9NO3S/c12-8-7-4-2-1-3-6(7)5-15-9(8)10(13)11-14/h1-4,12,14H,5H2,(H,11,13). The van der Waals surface area contributed by atoms with Crippen LogP contribution in [0.15, 0.2) is 29.2 Å². The third kappa shape index (κ3) is 1.71. The van der Waals surface area contributed by atoms with Crippen LogP contribution in [0, 0.1) is 0 Å². The zero-order chi connectivity index (χ0) is 10.8. The van der Waals surface area contributed by atoms with Gasteiger partial charge in [0.05, 0.1) is 0 Å². The highest BCUT2D eigenvalue weighted by atomic mass is 32.2. The van der Waals surface area contributed by atoms with Gasteiger partial charge in [0.25, 0.3) is 5.91 Å². The highest BCUT2D eigenvalue weighted by Gasteiger charge is 2.23. The van der Waals surface area contributed by atoms with Crippen LogP contribution in [0.3, 0.4) is 0 Å². The first-order valence-corrected chi connectivity index (χ1v) is 5.31. The van der Waals surface area contributed by atoms with Crippen molar-refractivity contribution >= 4 is 23.4 Å². The minimum Gasteiger partial charge on any atom is -0.506 e. The lowest BCUT2D eigenvalue weighted by Gasteiger charge is -2.17. The number of rotatable bonds is 1. The maximum atomic E-state index is 11.2. The molecule has 0 aromatic heterocycles. The third-order valence-electron chi connectivity index (χ3n) is 2.17. The van der Waals surface area contributed by atoms with E-state index < -0.39 is 5.91 Å². The van der Waals surface area contributed by atoms with Crippen molar-refractivity contribution in [2.24, 2.45) is 0 Å². The van der Waals surface area contributed by atoms with E-state index in [2.05, 4.69) is 0 Å². The van der Waals surface area contributed by atoms with Gasteiger partial charge in [0.1, 0.15) is 10.7 Å². The van der Waals surface area contributed by atoms with Gasteiger partial charge in [-0.15, -0.1) is 11.8 Å². The monoisotopic (exact) mass is 223 g/mol. The first-order valence-electron chi connectivity index (χ1n) is 4.33. The molecule has 0 spiro atoms. The number of carbonyl (C=O) groups is 1. The molecular formula is C10H9NO3S. The molecule has 1 aliphatic heterocycles. The van der Waals surface area contributed by atoms with Gasteiger partial charge in [-0.05, 0) is 5.56 Å². The van der Waals surface area contributed by atoms with Crippen LogP contribution < -0.4 is 5.48 Å². The fourth-order valence-corrected chi connectivity index (χ4v) is 2.42. The number of nitrogens with one attached hydrogen (secondary N) is 1. The lowest BCUT2D eigenvalue weighted by Crippen LogP contribution is -2.22. The predicted octanol–water partition coefficient (Wildman–Crippen LogP) is 1.67. The molecule has 3 N–H and O–H groups in total. The van der Waals surface area contributed by atoms with Crippen LogP contribution in [0.5, 0.6) is 0 Å². The van der Waals surface area contributed by atoms with E-state index in [-0.39, 0.29) is 10.7 Å². The number of amides is 1. The molecule has 0 radical (unpaired) electrons. The molecule has 0 bridgehead atoms. The summed E-state index contributed by atoms with van der Waals surface area (Å²) in [6, 6.07) is 7.31. The van der Waals surface area contributed by atoms with E-state index in [0.29, 0.717) is 11.3 Å². The lowest BCUT2D eigenvalue weighted by molar-refractivity contribution is -0.124. The van der Waals surface area contributed by atoms with Gasteiger partial charge in [0, 0.05) is 11.3 Å². The molecule has 0 saturated heterocycles. The molecule has 0 aliphatic carbocycles. The van der Waals surface area contributed by atoms with Gasteiger partial charge in [-0.2, -0.15) is 0 Å². The van der Waals surface area contributed by atoms with Crippen molar-refractivity contribution in [1.82, 2.24) is 5.48 Å². The second-order valence-corrected chi connectivity index (χ2v) is 4.05. The van der Waals surface area contributed by atoms with Gasteiger partial charge >= 0.3 is 0 Å². The molecule has 0 atom stereocenters. The topological polar surface area (TPSA) is 69.6 Å². The molecule has 5 heteroatoms. The van der Waals surface area contributed by atoms with E-state index in [4.69, 9.17) is 5.21 Å². The van der Waals surface area contributed by atoms with Crippen molar-refractivity contribution in [1.29, 1.82) is 0 Å². The van der Waals surface area contributed by atoms with Crippen molar-refractivity contribution in [3.8, 4) is 0 Å². The number of hydroxylamine groups is 1. The number of aliphatic hydroxyl groups is 1. The average molecular weight is 223 g/mol. The van der Waals surface area contributed by atoms with Gasteiger partial charge in [-0.1, -0.05) is 24.3 Å². The average Bonchev–Trinajstić information content (AvgIpc) is 2.29. The molecule has 0 saturated carbocycles. The Kier molecular flexibility index (Phi) is 2.66. The predicted molar refractivity (Wildman–Crippen MR) is 57.2 cm³/mol. The van der Waals surface area contributed by atoms with Crippen molar-refractivity contribution in [2.45, 2.75) is 5.75 Å². The molecule has 1 aliphatic rings. The van der Waals surface area contributed by atoms with Crippen molar-refractivity contribution in [3.05, 3.63) is 40.3 Å². The minimum absolute atomic E-state index is 0.0756. The van der Waals surface area contributed by atoms with Crippen LogP contribution in [0.25, 0.3) is 5.76 Å². The second-order valence-electron chi connectivity index (χ2n) is 3.06. The number of fused-ring (bicyclic) bond motifs is 1. The number of hydrogen-bond acceptors (Lipinski definition) is 4. The third-order valence-corrected chi connectivity index (χ3v) is 3.29. The summed E-state index contributed by atoms with van der Waals surface area (Å²) in [6.07, 6.45) is 0. The smallest absolute Gasteiger partial charge is 0.284 e. The number of hydrogen-bond donors (Lipinski definition) is 3. The van der Waals surface area contributed by atoms with E-state index in [9.17, 15) is 9.90 Å². The summed E-state index contributed by atoms with van der Waals surface area (Å²) >= 11 is 1.20. The summed E-state index contributed by atoms with van der Waals surface area (Å²) in [5.41, 5.74) is 3.15. The van der Waals surface area contributed by atoms with E-state index in [0.717, 1.165) is 5.56 Å². The molecule has 1 aromatic rings. The summed E-state index contributed by atoms with van der Waals surface area (Å²) < 4.78 is 0. The summed E-state index contributed by atoms with van der Waals surface area (Å²) in [4.78, 5) is 11.3. The van der Waals surface area contributed by atoms with Crippen LogP contribution >= 0.6 is 11.8 Å². The van der Waals surface area contributed by atoms with E-state index in [1.807, 2.05) is 12.1 Å². The summed E-state index contributed by atoms with van der Waals surface area (Å²) in [5.74, 6) is -0.136. The zero-order valence-corrected chi connectivity index (χ0v) is 8.54. The van der Waals surface area contributed by atoms with Crippen LogP contribution in [0.2, 0.25) is 0 Å². The summed E-state index contributed by atoms with van der Waals surface area (Å²) in [7, 11) is 0. The Morgan fingerprint density at radius 2 is 2.13 bits per heavy atom. The maximum absolute atomic E-state index is 11.2. The first-order chi connectivity index (χ1) is 7.24. The largest absolute Gasteiger partial charge is 0.506 e. The van der Waals surface area contributed by atoms with Crippen LogP contribution in [0.4, 0.5) is 0 Å². The van der Waals surface area contributed by atoms with Gasteiger partial charge in [0.2, 0.25) is 0 Å². The Morgan fingerprint density at radius 3 is 2.87 bits per heavy atom. The van der Waals surface area contributed by atoms with E-state index in [1.54, 1.807) is 12.1 Å². The van der Waals surface area contributed by atoms with Gasteiger partial charge in [-0.3, -0.25) is 10.0 Å². The highest BCUT2D eigenvalue weighted by molar-refractivity contribution is 8.03. The Labute approximate surface area is 90.6 Å². The molecule has 1 amide bonds. The zero-order valence-electron chi connectivity index (χ0n) is 7.73. The van der Waals surface area contributed by atoms with Crippen molar-refractivity contribution < 1.29 is 15.1 Å². The number of thioether (sulfide) groups is 1. The quantitative estimate of drug-likeness (QED) is 0.500. The fraction of sp³-hybridized carbons (Fsp3) is 0.100. The van der Waals surface area contributed by atoms with Gasteiger partial charge < -0.3 is 5.11 Å². The molecular weight excluding hydrogens is 214 g/mol. The SMILES string of the molecule is O=C(NO)C1=C(O)c2ccccc2CS1. The molecule has 0 unspecified atom stereocenters. The number of benzene rings is 1. The maximum Gasteiger partial charge on any atom is 0.284 e. The van der Waals surface area contributed by atoms with E-state index in [1.165, 1.54) is 17.2 Å². The summed E-state index contributed by atoms with van der Waals surface area (Å²) in [5, 5.41) is 18.3. The summed E-state index contributed by atoms with van der Waals surface area (Å²) in [6.45, 7) is 0. The number of aliphatic hydroxyl groups excluding tert-OH is 1. The number of carbonyl (C=O) groups excluding carboxylic acids is 1. The van der Waals surface area contributed by atoms with Crippen molar-refractivity contribution in [2.75, 3.05) is 0 Å². The first kappa shape index (κ1) is 10.1. The van der Waals surface area contributed by atoms with Crippen molar-refractivity contribution in [3.63, 3.8) is 0 Å². The molecule has 78 valence electrons. The van der Waals surface area contributed by atoms with Gasteiger partial charge in [0.15, 0.2) is 0 Å². The molecule has 1 heterocycles. The Hall–Kier alpha value is -1.46. The molecule has 0 fully saturated rings. The Balaban J connectivity index is 2.49. The Bertz CT molecular complexity index is 442. The minimum atomic E-state index is -0.674. The molecule has 15 heavy (non-hydrogen) atoms. The van der Waals surface area contributed by atoms with Crippen LogP contribution in [-0.4, -0.2) is 16.2 Å². The van der Waals surface area contributed by atoms with Gasteiger partial charge in [-0.25, -0.2) is 5.48 Å². The molecule has 2 rings (SSSR count). The Morgan fingerprint density at radius 1 is 1.40 bits per heavy atom. The highest BCUT2D eigenvalue weighted by Crippen LogP contribution is 2.36. The fourth-order valence-electron chi connectivity index (χ4n) is 1.44. The lowest BCUT2D eigenvalue weighted by atomic mass is 10.1. The molecule has 1 aromatic carbocycles. The van der Waals surface area contributed by atoms with E-state index >= 15 is 0 Å².